The van der Waals surface area contributed by atoms with Gasteiger partial charge >= 0.3 is 6.47 Å². The third-order valence-corrected chi connectivity index (χ3v) is 0.211. The second-order valence-electron chi connectivity index (χ2n) is 0.573. The van der Waals surface area contributed by atoms with Crippen molar-refractivity contribution in [3.8, 4) is 0 Å². The third-order valence-electron chi connectivity index (χ3n) is 0.211. The van der Waals surface area contributed by atoms with Crippen molar-refractivity contribution in [3.05, 3.63) is 0 Å². The summed E-state index contributed by atoms with van der Waals surface area (Å²) in [6.45, 7) is 3.17. The second-order valence-corrected chi connectivity index (χ2v) is 0.573. The SMILES string of the molecule is CCOO[C]=O. The standard InChI is InChI=1S/C3H5O3/c1-2-5-6-3-4/h2H2,1H3. The number of carbonyl (C=O) groups excluding carboxylic acids is 1. The highest BCUT2D eigenvalue weighted by Crippen LogP contribution is 1.66. The van der Waals surface area contributed by atoms with Gasteiger partial charge in [0.2, 0.25) is 0 Å². The Morgan fingerprint density at radius 3 is 2.67 bits per heavy atom. The van der Waals surface area contributed by atoms with E-state index in [1.807, 2.05) is 0 Å². The summed E-state index contributed by atoms with van der Waals surface area (Å²) in [5.41, 5.74) is 0. The van der Waals surface area contributed by atoms with Crippen LogP contribution in [0.25, 0.3) is 0 Å². The van der Waals surface area contributed by atoms with Crippen LogP contribution in [0.2, 0.25) is 0 Å². The summed E-state index contributed by atoms with van der Waals surface area (Å²) >= 11 is 0. The molecule has 0 aliphatic heterocycles. The first-order valence-electron chi connectivity index (χ1n) is 1.57. The molecule has 0 bridgehead atoms. The van der Waals surface area contributed by atoms with Crippen molar-refractivity contribution in [1.29, 1.82) is 0 Å². The van der Waals surface area contributed by atoms with Gasteiger partial charge in [-0.25, -0.2) is 4.79 Å². The maximum Gasteiger partial charge on any atom is 0.453 e. The molecule has 0 saturated carbocycles. The molecule has 35 valence electrons. The van der Waals surface area contributed by atoms with Crippen LogP contribution in [0.3, 0.4) is 0 Å². The van der Waals surface area contributed by atoms with Crippen LogP contribution in [0.5, 0.6) is 0 Å². The quantitative estimate of drug-likeness (QED) is 0.278. The maximum absolute atomic E-state index is 9.09. The fraction of sp³-hybridized carbons (Fsp3) is 0.667. The molecule has 6 heavy (non-hydrogen) atoms. The molecule has 1 radical (unpaired) electrons. The Morgan fingerprint density at radius 2 is 2.50 bits per heavy atom. The number of hydrogen-bond acceptors (Lipinski definition) is 3. The van der Waals surface area contributed by atoms with E-state index in [0.717, 1.165) is 6.47 Å². The molecule has 0 heterocycles. The Bertz CT molecular complexity index is 35.0. The van der Waals surface area contributed by atoms with E-state index in [-0.39, 0.29) is 0 Å². The zero-order chi connectivity index (χ0) is 4.83. The van der Waals surface area contributed by atoms with E-state index in [1.54, 1.807) is 6.92 Å². The minimum absolute atomic E-state index is 0.370. The van der Waals surface area contributed by atoms with Crippen molar-refractivity contribution in [1.82, 2.24) is 0 Å². The van der Waals surface area contributed by atoms with Gasteiger partial charge in [0.05, 0.1) is 6.61 Å². The molecule has 0 saturated heterocycles. The fourth-order valence-corrected chi connectivity index (χ4v) is 0.0830. The molecule has 0 aromatic carbocycles. The van der Waals surface area contributed by atoms with E-state index >= 15 is 0 Å². The molecule has 0 aromatic heterocycles. The molecule has 0 unspecified atom stereocenters. The van der Waals surface area contributed by atoms with E-state index in [0.29, 0.717) is 6.61 Å². The highest BCUT2D eigenvalue weighted by molar-refractivity contribution is 5.36. The molecule has 0 fully saturated rings. The normalized spacial score (nSPS) is 7.50. The van der Waals surface area contributed by atoms with Gasteiger partial charge in [-0.2, -0.15) is 4.89 Å². The van der Waals surface area contributed by atoms with E-state index in [4.69, 9.17) is 4.79 Å². The van der Waals surface area contributed by atoms with Gasteiger partial charge in [0.15, 0.2) is 0 Å². The van der Waals surface area contributed by atoms with Crippen molar-refractivity contribution in [2.45, 2.75) is 6.92 Å². The minimum Gasteiger partial charge on any atom is -0.285 e. The van der Waals surface area contributed by atoms with Gasteiger partial charge in [-0.05, 0) is 6.92 Å². The summed E-state index contributed by atoms with van der Waals surface area (Å²) in [4.78, 5) is 16.8. The average molecular weight is 89.1 g/mol. The lowest BCUT2D eigenvalue weighted by molar-refractivity contribution is -0.217. The van der Waals surface area contributed by atoms with Gasteiger partial charge in [-0.1, -0.05) is 0 Å². The predicted molar refractivity (Wildman–Crippen MR) is 18.4 cm³/mol. The highest BCUT2D eigenvalue weighted by Gasteiger charge is 1.73. The number of rotatable bonds is 3. The Hall–Kier alpha value is -0.570. The van der Waals surface area contributed by atoms with Gasteiger partial charge in [0.25, 0.3) is 0 Å². The van der Waals surface area contributed by atoms with Gasteiger partial charge in [-0.15, -0.1) is 0 Å². The molecule has 0 aliphatic rings. The second kappa shape index (κ2) is 4.43. The molecule has 0 amide bonds. The monoisotopic (exact) mass is 89.0 g/mol. The van der Waals surface area contributed by atoms with Gasteiger partial charge in [0, 0.05) is 0 Å². The Morgan fingerprint density at radius 1 is 1.83 bits per heavy atom. The average Bonchev–Trinajstić information content (AvgIpc) is 1.61. The molecule has 0 rings (SSSR count). The first-order chi connectivity index (χ1) is 2.91. The molecule has 0 N–H and O–H groups in total. The minimum atomic E-state index is 0.370. The lowest BCUT2D eigenvalue weighted by Gasteiger charge is -1.85. The van der Waals surface area contributed by atoms with Crippen molar-refractivity contribution < 1.29 is 14.6 Å². The van der Waals surface area contributed by atoms with Crippen molar-refractivity contribution >= 4 is 6.47 Å². The van der Waals surface area contributed by atoms with Crippen LogP contribution in [0.15, 0.2) is 0 Å². The lowest BCUT2D eigenvalue weighted by Crippen LogP contribution is -1.87. The molecule has 0 atom stereocenters. The summed E-state index contributed by atoms with van der Waals surface area (Å²) in [5, 5.41) is 0. The molecule has 0 aromatic rings. The first-order valence-corrected chi connectivity index (χ1v) is 1.57. The summed E-state index contributed by atoms with van der Waals surface area (Å²) in [5.74, 6) is 0. The number of hydrogen-bond donors (Lipinski definition) is 0. The molecular weight excluding hydrogens is 84.0 g/mol. The van der Waals surface area contributed by atoms with E-state index < -0.39 is 0 Å². The predicted octanol–water partition coefficient (Wildman–Crippen LogP) is 0.0217. The highest BCUT2D eigenvalue weighted by atomic mass is 17.2. The molecule has 0 spiro atoms. The smallest absolute Gasteiger partial charge is 0.285 e. The van der Waals surface area contributed by atoms with Crippen molar-refractivity contribution in [2.24, 2.45) is 0 Å². The van der Waals surface area contributed by atoms with Crippen LogP contribution < -0.4 is 0 Å². The lowest BCUT2D eigenvalue weighted by atomic mass is 10.9. The summed E-state index contributed by atoms with van der Waals surface area (Å²) in [6.07, 6.45) is 0. The van der Waals surface area contributed by atoms with E-state index in [2.05, 4.69) is 9.78 Å². The van der Waals surface area contributed by atoms with Crippen LogP contribution in [-0.2, 0) is 14.6 Å². The molecular formula is C3H5O3. The van der Waals surface area contributed by atoms with Crippen LogP contribution in [0.4, 0.5) is 0 Å². The van der Waals surface area contributed by atoms with Crippen LogP contribution in [0.1, 0.15) is 6.92 Å². The van der Waals surface area contributed by atoms with E-state index in [1.165, 1.54) is 0 Å². The first kappa shape index (κ1) is 5.43. The summed E-state index contributed by atoms with van der Waals surface area (Å²) < 4.78 is 0. The molecule has 3 heteroatoms. The fourth-order valence-electron chi connectivity index (χ4n) is 0.0830. The van der Waals surface area contributed by atoms with Crippen molar-refractivity contribution in [2.75, 3.05) is 6.61 Å². The molecule has 0 aliphatic carbocycles. The van der Waals surface area contributed by atoms with Crippen LogP contribution in [-0.4, -0.2) is 13.1 Å². The summed E-state index contributed by atoms with van der Waals surface area (Å²) in [6, 6.07) is 0. The maximum atomic E-state index is 9.09. The van der Waals surface area contributed by atoms with Gasteiger partial charge in [-0.3, -0.25) is 4.89 Å². The topological polar surface area (TPSA) is 35.5 Å². The van der Waals surface area contributed by atoms with Crippen LogP contribution in [0, 0.1) is 0 Å². The van der Waals surface area contributed by atoms with Gasteiger partial charge < -0.3 is 0 Å². The van der Waals surface area contributed by atoms with E-state index in [9.17, 15) is 0 Å². The largest absolute Gasteiger partial charge is 0.453 e. The van der Waals surface area contributed by atoms with Gasteiger partial charge in [0.1, 0.15) is 0 Å². The molecule has 3 nitrogen and oxygen atoms in total. The zero-order valence-electron chi connectivity index (χ0n) is 3.43. The Labute approximate surface area is 35.8 Å². The van der Waals surface area contributed by atoms with Crippen molar-refractivity contribution in [3.63, 3.8) is 0 Å². The third kappa shape index (κ3) is 3.43. The summed E-state index contributed by atoms with van der Waals surface area (Å²) in [7, 11) is 0. The Balaban J connectivity index is 2.49. The zero-order valence-corrected chi connectivity index (χ0v) is 3.43. The Kier molecular flexibility index (Phi) is 4.01. The van der Waals surface area contributed by atoms with Crippen LogP contribution >= 0.6 is 0 Å².